The Labute approximate surface area is 214 Å². The number of benzene rings is 1. The van der Waals surface area contributed by atoms with E-state index in [0.29, 0.717) is 17.7 Å². The van der Waals surface area contributed by atoms with Crippen molar-refractivity contribution in [2.75, 3.05) is 20.6 Å². The summed E-state index contributed by atoms with van der Waals surface area (Å²) in [5.41, 5.74) is 2.26. The summed E-state index contributed by atoms with van der Waals surface area (Å²) in [6.07, 6.45) is 16.2. The molecule has 0 aliphatic heterocycles. The number of ether oxygens (including phenoxy) is 1. The van der Waals surface area contributed by atoms with E-state index >= 15 is 0 Å². The molecule has 2 fully saturated rings. The Morgan fingerprint density at radius 3 is 2.39 bits per heavy atom. The van der Waals surface area contributed by atoms with Crippen LogP contribution in [-0.2, 0) is 0 Å². The van der Waals surface area contributed by atoms with Gasteiger partial charge in [-0.1, -0.05) is 30.3 Å². The topological polar surface area (TPSA) is 52.3 Å². The van der Waals surface area contributed by atoms with Gasteiger partial charge in [-0.2, -0.15) is 0 Å². The van der Waals surface area contributed by atoms with E-state index in [9.17, 15) is 4.79 Å². The highest BCUT2D eigenvalue weighted by Gasteiger charge is 2.27. The SMILES string of the molecule is CN(C)CC(CC1CCC(n2ccn(-c3ccc(OC4CCCC4)nc3)c2=O)CC1)c1ccccc1. The van der Waals surface area contributed by atoms with Crippen LogP contribution in [0.25, 0.3) is 5.69 Å². The molecule has 2 saturated carbocycles. The van der Waals surface area contributed by atoms with Crippen LogP contribution < -0.4 is 10.4 Å². The van der Waals surface area contributed by atoms with Gasteiger partial charge in [0, 0.05) is 31.0 Å². The number of likely N-dealkylation sites (N-methyl/N-ethyl adjacent to an activating group) is 1. The molecule has 0 spiro atoms. The van der Waals surface area contributed by atoms with E-state index in [1.165, 1.54) is 37.7 Å². The monoisotopic (exact) mass is 488 g/mol. The molecule has 3 aromatic rings. The van der Waals surface area contributed by atoms with Crippen LogP contribution in [0.5, 0.6) is 5.88 Å². The molecule has 1 atom stereocenters. The fourth-order valence-electron chi connectivity index (χ4n) is 6.17. The first-order valence-electron chi connectivity index (χ1n) is 13.7. The maximum absolute atomic E-state index is 13.3. The minimum atomic E-state index is 0.0273. The lowest BCUT2D eigenvalue weighted by Crippen LogP contribution is -2.30. The van der Waals surface area contributed by atoms with Crippen molar-refractivity contribution in [3.63, 3.8) is 0 Å². The maximum Gasteiger partial charge on any atom is 0.333 e. The number of aromatic nitrogens is 3. The van der Waals surface area contributed by atoms with Gasteiger partial charge in [-0.25, -0.2) is 9.78 Å². The molecule has 6 nitrogen and oxygen atoms in total. The molecule has 2 aromatic heterocycles. The van der Waals surface area contributed by atoms with Crippen molar-refractivity contribution in [2.24, 2.45) is 5.92 Å². The first-order chi connectivity index (χ1) is 17.6. The number of hydrogen-bond donors (Lipinski definition) is 0. The summed E-state index contributed by atoms with van der Waals surface area (Å²) in [5.74, 6) is 1.92. The second kappa shape index (κ2) is 11.5. The number of imidazole rings is 1. The molecule has 2 aliphatic rings. The van der Waals surface area contributed by atoms with Gasteiger partial charge in [0.05, 0.1) is 11.9 Å². The second-order valence-corrected chi connectivity index (χ2v) is 11.0. The molecule has 0 N–H and O–H groups in total. The minimum absolute atomic E-state index is 0.0273. The van der Waals surface area contributed by atoms with Crippen molar-refractivity contribution in [1.29, 1.82) is 0 Å². The first-order valence-corrected chi connectivity index (χ1v) is 13.7. The molecule has 2 heterocycles. The molecule has 6 heteroatoms. The highest BCUT2D eigenvalue weighted by Crippen LogP contribution is 2.37. The Balaban J connectivity index is 1.19. The van der Waals surface area contributed by atoms with Gasteiger partial charge in [0.2, 0.25) is 5.88 Å². The lowest BCUT2D eigenvalue weighted by atomic mass is 9.79. The highest BCUT2D eigenvalue weighted by atomic mass is 16.5. The third kappa shape index (κ3) is 5.92. The standard InChI is InChI=1S/C30H40N4O2/c1-32(2)22-25(24-8-4-3-5-9-24)20-23-12-14-26(15-13-23)33-18-19-34(30(33)35)27-16-17-29(31-21-27)36-28-10-6-7-11-28/h3-5,8-9,16-19,21,23,25-26,28H,6-7,10-15,20,22H2,1-2H3. The van der Waals surface area contributed by atoms with Gasteiger partial charge >= 0.3 is 5.69 Å². The zero-order valence-corrected chi connectivity index (χ0v) is 21.8. The van der Waals surface area contributed by atoms with Crippen LogP contribution in [-0.4, -0.2) is 45.8 Å². The van der Waals surface area contributed by atoms with Gasteiger partial charge in [0.15, 0.2) is 0 Å². The summed E-state index contributed by atoms with van der Waals surface area (Å²) in [5, 5.41) is 0. The number of rotatable bonds is 9. The van der Waals surface area contributed by atoms with Gasteiger partial charge < -0.3 is 9.64 Å². The van der Waals surface area contributed by atoms with Crippen molar-refractivity contribution < 1.29 is 4.74 Å². The van der Waals surface area contributed by atoms with Crippen molar-refractivity contribution in [3.05, 3.63) is 77.1 Å². The Kier molecular flexibility index (Phi) is 7.90. The fourth-order valence-corrected chi connectivity index (χ4v) is 6.17. The Morgan fingerprint density at radius 2 is 1.72 bits per heavy atom. The minimum Gasteiger partial charge on any atom is -0.474 e. The molecule has 36 heavy (non-hydrogen) atoms. The van der Waals surface area contributed by atoms with Crippen LogP contribution in [0, 0.1) is 5.92 Å². The van der Waals surface area contributed by atoms with Gasteiger partial charge in [-0.3, -0.25) is 9.13 Å². The Morgan fingerprint density at radius 1 is 0.972 bits per heavy atom. The molecular formula is C30H40N4O2. The Bertz CT molecular complexity index is 1140. The lowest BCUT2D eigenvalue weighted by Gasteiger charge is -2.32. The van der Waals surface area contributed by atoms with Crippen LogP contribution in [0.4, 0.5) is 0 Å². The van der Waals surface area contributed by atoms with Gasteiger partial charge in [0.25, 0.3) is 0 Å². The molecule has 5 rings (SSSR count). The van der Waals surface area contributed by atoms with Crippen LogP contribution >= 0.6 is 0 Å². The summed E-state index contributed by atoms with van der Waals surface area (Å²) in [6, 6.07) is 15.0. The molecule has 0 radical (unpaired) electrons. The third-order valence-electron chi connectivity index (χ3n) is 8.08. The average molecular weight is 489 g/mol. The largest absolute Gasteiger partial charge is 0.474 e. The third-order valence-corrected chi connectivity index (χ3v) is 8.08. The zero-order valence-electron chi connectivity index (χ0n) is 21.8. The quantitative estimate of drug-likeness (QED) is 0.381. The number of pyridine rings is 1. The maximum atomic E-state index is 13.3. The van der Waals surface area contributed by atoms with E-state index in [4.69, 9.17) is 4.74 Å². The van der Waals surface area contributed by atoms with Gasteiger partial charge in [0.1, 0.15) is 6.10 Å². The zero-order chi connectivity index (χ0) is 24.9. The molecular weight excluding hydrogens is 448 g/mol. The first kappa shape index (κ1) is 24.8. The molecule has 2 aliphatic carbocycles. The summed E-state index contributed by atoms with van der Waals surface area (Å²) in [4.78, 5) is 20.0. The summed E-state index contributed by atoms with van der Waals surface area (Å²) in [7, 11) is 4.32. The molecule has 0 amide bonds. The van der Waals surface area contributed by atoms with Crippen LogP contribution in [0.3, 0.4) is 0 Å². The average Bonchev–Trinajstić information content (AvgIpc) is 3.55. The van der Waals surface area contributed by atoms with E-state index in [1.807, 2.05) is 29.1 Å². The highest BCUT2D eigenvalue weighted by molar-refractivity contribution is 5.31. The molecule has 0 bridgehead atoms. The fraction of sp³-hybridized carbons (Fsp3) is 0.533. The van der Waals surface area contributed by atoms with Crippen LogP contribution in [0.2, 0.25) is 0 Å². The van der Waals surface area contributed by atoms with E-state index in [0.717, 1.165) is 37.9 Å². The number of nitrogens with zero attached hydrogens (tertiary/aromatic N) is 4. The lowest BCUT2D eigenvalue weighted by molar-refractivity contribution is 0.201. The van der Waals surface area contributed by atoms with Crippen molar-refractivity contribution in [3.8, 4) is 11.6 Å². The molecule has 1 unspecified atom stereocenters. The van der Waals surface area contributed by atoms with Crippen LogP contribution in [0.15, 0.2) is 65.8 Å². The van der Waals surface area contributed by atoms with Crippen molar-refractivity contribution in [1.82, 2.24) is 19.0 Å². The predicted octanol–water partition coefficient (Wildman–Crippen LogP) is 5.82. The van der Waals surface area contributed by atoms with Crippen molar-refractivity contribution in [2.45, 2.75) is 75.9 Å². The predicted molar refractivity (Wildman–Crippen MR) is 144 cm³/mol. The van der Waals surface area contributed by atoms with Crippen molar-refractivity contribution >= 4 is 0 Å². The van der Waals surface area contributed by atoms with Gasteiger partial charge in [-0.05, 0) is 95.3 Å². The van der Waals surface area contributed by atoms with E-state index < -0.39 is 0 Å². The Hall–Kier alpha value is -2.86. The summed E-state index contributed by atoms with van der Waals surface area (Å²) >= 11 is 0. The normalized spacial score (nSPS) is 21.6. The van der Waals surface area contributed by atoms with E-state index in [1.54, 1.807) is 10.8 Å². The number of hydrogen-bond acceptors (Lipinski definition) is 4. The smallest absolute Gasteiger partial charge is 0.333 e. The van der Waals surface area contributed by atoms with E-state index in [-0.39, 0.29) is 17.8 Å². The summed E-state index contributed by atoms with van der Waals surface area (Å²) < 4.78 is 9.62. The van der Waals surface area contributed by atoms with Crippen LogP contribution in [0.1, 0.15) is 75.3 Å². The second-order valence-electron chi connectivity index (χ2n) is 11.0. The van der Waals surface area contributed by atoms with Gasteiger partial charge in [-0.15, -0.1) is 0 Å². The summed E-state index contributed by atoms with van der Waals surface area (Å²) in [6.45, 7) is 1.07. The molecule has 0 saturated heterocycles. The molecule has 1 aromatic carbocycles. The molecule has 192 valence electrons. The van der Waals surface area contributed by atoms with E-state index in [2.05, 4.69) is 54.3 Å².